The van der Waals surface area contributed by atoms with Gasteiger partial charge in [-0.05, 0) is 23.3 Å². The molecule has 0 radical (unpaired) electrons. The van der Waals surface area contributed by atoms with E-state index >= 15 is 0 Å². The number of hydrogen-bond acceptors (Lipinski definition) is 2. The summed E-state index contributed by atoms with van der Waals surface area (Å²) in [6.45, 7) is 0. The van der Waals surface area contributed by atoms with Crippen LogP contribution >= 0.6 is 23.4 Å². The van der Waals surface area contributed by atoms with Crippen LogP contribution in [0.25, 0.3) is 0 Å². The summed E-state index contributed by atoms with van der Waals surface area (Å²) >= 11 is 7.70. The van der Waals surface area contributed by atoms with Crippen molar-refractivity contribution in [2.75, 3.05) is 0 Å². The third kappa shape index (κ3) is 4.30. The second-order valence-corrected chi connectivity index (χ2v) is 5.65. The number of nitrogens with two attached hydrogens (primary N) is 1. The zero-order valence-electron chi connectivity index (χ0n) is 10.4. The van der Waals surface area contributed by atoms with Crippen LogP contribution in [0.4, 0.5) is 0 Å². The maximum Gasteiger partial charge on any atom is 0.122 e. The summed E-state index contributed by atoms with van der Waals surface area (Å²) in [5.41, 5.74) is 8.70. The highest BCUT2D eigenvalue weighted by Gasteiger charge is 1.98. The first kappa shape index (κ1) is 14.0. The Morgan fingerprint density at radius 2 is 1.42 bits per heavy atom. The highest BCUT2D eigenvalue weighted by Crippen LogP contribution is 2.19. The van der Waals surface area contributed by atoms with Gasteiger partial charge in [0.25, 0.3) is 0 Å². The molecule has 0 atom stereocenters. The van der Waals surface area contributed by atoms with Gasteiger partial charge in [-0.1, -0.05) is 48.0 Å². The molecule has 0 spiro atoms. The Hall–Kier alpha value is -1.45. The van der Waals surface area contributed by atoms with Crippen molar-refractivity contribution < 1.29 is 0 Å². The summed E-state index contributed by atoms with van der Waals surface area (Å²) < 4.78 is 0. The molecule has 19 heavy (non-hydrogen) atoms. The molecule has 98 valence electrons. The monoisotopic (exact) mass is 290 g/mol. The number of halogens is 1. The molecule has 2 aromatic carbocycles. The minimum atomic E-state index is 0.111. The highest BCUT2D eigenvalue weighted by molar-refractivity contribution is 7.97. The topological polar surface area (TPSA) is 49.9 Å². The van der Waals surface area contributed by atoms with Crippen LogP contribution in [0, 0.1) is 5.41 Å². The van der Waals surface area contributed by atoms with Crippen molar-refractivity contribution in [2.24, 2.45) is 5.73 Å². The smallest absolute Gasteiger partial charge is 0.122 e. The molecule has 0 unspecified atom stereocenters. The molecule has 0 bridgehead atoms. The van der Waals surface area contributed by atoms with Crippen LogP contribution in [0.1, 0.15) is 16.7 Å². The maximum atomic E-state index is 7.34. The first-order valence-electron chi connectivity index (χ1n) is 5.90. The molecule has 0 saturated carbocycles. The van der Waals surface area contributed by atoms with Gasteiger partial charge < -0.3 is 5.73 Å². The fraction of sp³-hybridized carbons (Fsp3) is 0.133. The summed E-state index contributed by atoms with van der Waals surface area (Å²) in [6.07, 6.45) is 0. The average Bonchev–Trinajstić information content (AvgIpc) is 2.41. The fourth-order valence-corrected chi connectivity index (χ4v) is 2.73. The molecule has 0 fully saturated rings. The largest absolute Gasteiger partial charge is 0.384 e. The third-order valence-electron chi connectivity index (χ3n) is 2.72. The van der Waals surface area contributed by atoms with Gasteiger partial charge in [0.2, 0.25) is 0 Å². The lowest BCUT2D eigenvalue weighted by molar-refractivity contribution is 1.35. The standard InChI is InChI=1S/C15H15ClN2S/c16-14-7-3-12(4-8-14)10-19-9-11-1-5-13(6-2-11)15(17)18/h1-8H,9-10H2,(H3,17,18). The van der Waals surface area contributed by atoms with E-state index in [-0.39, 0.29) is 5.84 Å². The van der Waals surface area contributed by atoms with Crippen molar-refractivity contribution in [3.05, 3.63) is 70.2 Å². The van der Waals surface area contributed by atoms with Gasteiger partial charge in [-0.25, -0.2) is 0 Å². The van der Waals surface area contributed by atoms with Gasteiger partial charge in [0.15, 0.2) is 0 Å². The molecule has 0 amide bonds. The number of thioether (sulfide) groups is 1. The molecule has 0 aliphatic carbocycles. The molecule has 0 aliphatic heterocycles. The Bertz CT molecular complexity index is 549. The van der Waals surface area contributed by atoms with Crippen molar-refractivity contribution in [1.82, 2.24) is 0 Å². The van der Waals surface area contributed by atoms with E-state index in [4.69, 9.17) is 22.7 Å². The lowest BCUT2D eigenvalue weighted by Gasteiger charge is -2.04. The molecule has 0 saturated heterocycles. The summed E-state index contributed by atoms with van der Waals surface area (Å²) in [4.78, 5) is 0. The van der Waals surface area contributed by atoms with E-state index in [1.165, 1.54) is 11.1 Å². The van der Waals surface area contributed by atoms with Gasteiger partial charge in [-0.2, -0.15) is 11.8 Å². The second-order valence-electron chi connectivity index (χ2n) is 4.23. The summed E-state index contributed by atoms with van der Waals surface area (Å²) in [5, 5.41) is 8.11. The van der Waals surface area contributed by atoms with Gasteiger partial charge >= 0.3 is 0 Å². The van der Waals surface area contributed by atoms with Gasteiger partial charge in [0.1, 0.15) is 5.84 Å². The number of nitrogen functional groups attached to an aromatic ring is 1. The quantitative estimate of drug-likeness (QED) is 0.644. The predicted octanol–water partition coefficient (Wildman–Crippen LogP) is 4.06. The minimum Gasteiger partial charge on any atom is -0.384 e. The molecule has 3 N–H and O–H groups in total. The van der Waals surface area contributed by atoms with E-state index in [0.29, 0.717) is 0 Å². The lowest BCUT2D eigenvalue weighted by Crippen LogP contribution is -2.10. The van der Waals surface area contributed by atoms with Crippen LogP contribution in [0.15, 0.2) is 48.5 Å². The summed E-state index contributed by atoms with van der Waals surface area (Å²) in [7, 11) is 0. The summed E-state index contributed by atoms with van der Waals surface area (Å²) in [6, 6.07) is 15.7. The fourth-order valence-electron chi connectivity index (χ4n) is 1.65. The van der Waals surface area contributed by atoms with Crippen LogP contribution in [-0.4, -0.2) is 5.84 Å². The minimum absolute atomic E-state index is 0.111. The molecule has 2 aromatic rings. The molecule has 4 heteroatoms. The molecule has 2 rings (SSSR count). The van der Waals surface area contributed by atoms with Gasteiger partial charge in [0.05, 0.1) is 0 Å². The van der Waals surface area contributed by atoms with Crippen molar-refractivity contribution in [3.8, 4) is 0 Å². The van der Waals surface area contributed by atoms with E-state index in [0.717, 1.165) is 22.1 Å². The van der Waals surface area contributed by atoms with Gasteiger partial charge in [0, 0.05) is 22.1 Å². The van der Waals surface area contributed by atoms with Gasteiger partial charge in [-0.15, -0.1) is 0 Å². The molecule has 0 aromatic heterocycles. The van der Waals surface area contributed by atoms with Crippen molar-refractivity contribution >= 4 is 29.2 Å². The predicted molar refractivity (Wildman–Crippen MR) is 83.9 cm³/mol. The van der Waals surface area contributed by atoms with E-state index in [2.05, 4.69) is 0 Å². The molecular weight excluding hydrogens is 276 g/mol. The molecule has 2 nitrogen and oxygen atoms in total. The Labute approximate surface area is 122 Å². The van der Waals surface area contributed by atoms with Crippen LogP contribution < -0.4 is 5.73 Å². The van der Waals surface area contributed by atoms with Crippen LogP contribution in [0.5, 0.6) is 0 Å². The van der Waals surface area contributed by atoms with E-state index in [1.807, 2.05) is 60.3 Å². The lowest BCUT2D eigenvalue weighted by atomic mass is 10.1. The SMILES string of the molecule is N=C(N)c1ccc(CSCc2ccc(Cl)cc2)cc1. The highest BCUT2D eigenvalue weighted by atomic mass is 35.5. The van der Waals surface area contributed by atoms with Gasteiger partial charge in [-0.3, -0.25) is 5.41 Å². The zero-order chi connectivity index (χ0) is 13.7. The van der Waals surface area contributed by atoms with Crippen molar-refractivity contribution in [1.29, 1.82) is 5.41 Å². The summed E-state index contributed by atoms with van der Waals surface area (Å²) in [5.74, 6) is 2.02. The second kappa shape index (κ2) is 6.64. The Morgan fingerprint density at radius 3 is 1.89 bits per heavy atom. The van der Waals surface area contributed by atoms with E-state index in [1.54, 1.807) is 0 Å². The number of nitrogens with one attached hydrogen (secondary N) is 1. The Morgan fingerprint density at radius 1 is 0.947 bits per heavy atom. The third-order valence-corrected chi connectivity index (χ3v) is 4.04. The van der Waals surface area contributed by atoms with Crippen LogP contribution in [0.3, 0.4) is 0 Å². The number of rotatable bonds is 5. The van der Waals surface area contributed by atoms with Crippen molar-refractivity contribution in [2.45, 2.75) is 11.5 Å². The maximum absolute atomic E-state index is 7.34. The van der Waals surface area contributed by atoms with E-state index < -0.39 is 0 Å². The van der Waals surface area contributed by atoms with E-state index in [9.17, 15) is 0 Å². The number of amidine groups is 1. The average molecular weight is 291 g/mol. The normalized spacial score (nSPS) is 10.4. The number of hydrogen-bond donors (Lipinski definition) is 2. The molecule has 0 aliphatic rings. The van der Waals surface area contributed by atoms with Crippen LogP contribution in [0.2, 0.25) is 5.02 Å². The molecule has 0 heterocycles. The molecular formula is C15H15ClN2S. The number of benzene rings is 2. The first-order chi connectivity index (χ1) is 9.15. The van der Waals surface area contributed by atoms with Crippen molar-refractivity contribution in [3.63, 3.8) is 0 Å². The Balaban J connectivity index is 1.85. The van der Waals surface area contributed by atoms with Crippen LogP contribution in [-0.2, 0) is 11.5 Å². The Kier molecular flexibility index (Phi) is 4.88. The first-order valence-corrected chi connectivity index (χ1v) is 7.44. The zero-order valence-corrected chi connectivity index (χ0v) is 12.0.